The number of benzene rings is 1. The highest BCUT2D eigenvalue weighted by atomic mass is 79.9. The average molecular weight is 299 g/mol. The van der Waals surface area contributed by atoms with Crippen molar-refractivity contribution >= 4 is 21.7 Å². The van der Waals surface area contributed by atoms with Crippen LogP contribution in [0.4, 0.5) is 4.39 Å². The summed E-state index contributed by atoms with van der Waals surface area (Å²) in [5, 5.41) is 0. The van der Waals surface area contributed by atoms with E-state index in [4.69, 9.17) is 0 Å². The lowest BCUT2D eigenvalue weighted by Gasteiger charge is -2.13. The molecule has 1 aromatic rings. The van der Waals surface area contributed by atoms with Crippen molar-refractivity contribution in [1.29, 1.82) is 0 Å². The summed E-state index contributed by atoms with van der Waals surface area (Å²) in [7, 11) is 0. The Hall–Kier alpha value is -0.700. The summed E-state index contributed by atoms with van der Waals surface area (Å²) in [5.74, 6) is 0.199. The molecule has 1 nitrogen and oxygen atoms in total. The largest absolute Gasteiger partial charge is 0.299 e. The minimum Gasteiger partial charge on any atom is -0.299 e. The monoisotopic (exact) mass is 298 g/mol. The van der Waals surface area contributed by atoms with Crippen molar-refractivity contribution in [2.45, 2.75) is 38.5 Å². The molecule has 1 saturated carbocycles. The minimum atomic E-state index is -0.240. The van der Waals surface area contributed by atoms with Gasteiger partial charge in [0.1, 0.15) is 11.6 Å². The number of carbonyl (C=O) groups excluding carboxylic acids is 1. The minimum absolute atomic E-state index is 0.0891. The number of halogens is 2. The number of hydrogen-bond acceptors (Lipinski definition) is 1. The summed E-state index contributed by atoms with van der Waals surface area (Å²) in [6.45, 7) is 0. The first-order valence-electron chi connectivity index (χ1n) is 6.13. The normalized spacial score (nSPS) is 21.3. The number of hydrogen-bond donors (Lipinski definition) is 0. The molecule has 1 atom stereocenters. The number of carbonyl (C=O) groups is 1. The molecule has 1 aliphatic carbocycles. The van der Waals surface area contributed by atoms with Crippen molar-refractivity contribution in [3.63, 3.8) is 0 Å². The standard InChI is InChI=1S/C14H16BrFO/c15-12-7-10(8-13(16)9-12)6-11-4-2-1-3-5-14(11)17/h7-9,11H,1-6H2. The van der Waals surface area contributed by atoms with E-state index in [-0.39, 0.29) is 11.7 Å². The van der Waals surface area contributed by atoms with Gasteiger partial charge in [0.2, 0.25) is 0 Å². The van der Waals surface area contributed by atoms with Gasteiger partial charge in [0.25, 0.3) is 0 Å². The molecular formula is C14H16BrFO. The highest BCUT2D eigenvalue weighted by Crippen LogP contribution is 2.25. The summed E-state index contributed by atoms with van der Waals surface area (Å²) >= 11 is 3.28. The Labute approximate surface area is 110 Å². The molecule has 1 fully saturated rings. The van der Waals surface area contributed by atoms with Crippen molar-refractivity contribution in [3.05, 3.63) is 34.1 Å². The van der Waals surface area contributed by atoms with Crippen molar-refractivity contribution in [2.75, 3.05) is 0 Å². The predicted molar refractivity (Wildman–Crippen MR) is 69.4 cm³/mol. The van der Waals surface area contributed by atoms with Crippen LogP contribution in [0.2, 0.25) is 0 Å². The molecule has 0 aromatic heterocycles. The molecule has 0 bridgehead atoms. The van der Waals surface area contributed by atoms with E-state index in [0.717, 1.165) is 35.7 Å². The van der Waals surface area contributed by atoms with Gasteiger partial charge in [-0.3, -0.25) is 4.79 Å². The molecular weight excluding hydrogens is 283 g/mol. The van der Waals surface area contributed by atoms with Crippen LogP contribution in [0.1, 0.15) is 37.7 Å². The van der Waals surface area contributed by atoms with Crippen molar-refractivity contribution < 1.29 is 9.18 Å². The molecule has 1 aliphatic rings. The van der Waals surface area contributed by atoms with E-state index < -0.39 is 0 Å². The van der Waals surface area contributed by atoms with Crippen molar-refractivity contribution in [1.82, 2.24) is 0 Å². The second kappa shape index (κ2) is 5.76. The second-order valence-corrected chi connectivity index (χ2v) is 5.66. The van der Waals surface area contributed by atoms with Crippen LogP contribution in [0.3, 0.4) is 0 Å². The lowest BCUT2D eigenvalue weighted by molar-refractivity contribution is -0.122. The Morgan fingerprint density at radius 3 is 2.82 bits per heavy atom. The first-order chi connectivity index (χ1) is 8.15. The lowest BCUT2D eigenvalue weighted by atomic mass is 9.91. The summed E-state index contributed by atoms with van der Waals surface area (Å²) in [6.07, 6.45) is 5.60. The van der Waals surface area contributed by atoms with Gasteiger partial charge in [0.15, 0.2) is 0 Å². The molecule has 0 aliphatic heterocycles. The van der Waals surface area contributed by atoms with Crippen LogP contribution in [-0.4, -0.2) is 5.78 Å². The zero-order chi connectivity index (χ0) is 12.3. The maximum absolute atomic E-state index is 13.2. The molecule has 0 saturated heterocycles. The Kier molecular flexibility index (Phi) is 4.32. The van der Waals surface area contributed by atoms with Crippen LogP contribution in [0.5, 0.6) is 0 Å². The summed E-state index contributed by atoms with van der Waals surface area (Å²) in [4.78, 5) is 11.9. The smallest absolute Gasteiger partial charge is 0.136 e. The zero-order valence-electron chi connectivity index (χ0n) is 9.72. The third kappa shape index (κ3) is 3.63. The van der Waals surface area contributed by atoms with E-state index >= 15 is 0 Å². The maximum Gasteiger partial charge on any atom is 0.136 e. The molecule has 92 valence electrons. The number of Topliss-reactive ketones (excluding diaryl/α,β-unsaturated/α-hetero) is 1. The van der Waals surface area contributed by atoms with Crippen LogP contribution < -0.4 is 0 Å². The molecule has 1 unspecified atom stereocenters. The molecule has 17 heavy (non-hydrogen) atoms. The fourth-order valence-corrected chi connectivity index (χ4v) is 2.97. The molecule has 0 amide bonds. The Morgan fingerprint density at radius 1 is 1.24 bits per heavy atom. The van der Waals surface area contributed by atoms with Gasteiger partial charge >= 0.3 is 0 Å². The van der Waals surface area contributed by atoms with Gasteiger partial charge in [0, 0.05) is 16.8 Å². The fourth-order valence-electron chi connectivity index (χ4n) is 2.46. The molecule has 0 heterocycles. The summed E-state index contributed by atoms with van der Waals surface area (Å²) in [5.41, 5.74) is 0.914. The van der Waals surface area contributed by atoms with Crippen LogP contribution >= 0.6 is 15.9 Å². The highest BCUT2D eigenvalue weighted by Gasteiger charge is 2.21. The fraction of sp³-hybridized carbons (Fsp3) is 0.500. The van der Waals surface area contributed by atoms with E-state index in [1.165, 1.54) is 12.1 Å². The van der Waals surface area contributed by atoms with Gasteiger partial charge in [-0.1, -0.05) is 28.8 Å². The first kappa shape index (κ1) is 12.7. The van der Waals surface area contributed by atoms with Crippen LogP contribution in [-0.2, 0) is 11.2 Å². The predicted octanol–water partition coefficient (Wildman–Crippen LogP) is 4.28. The van der Waals surface area contributed by atoms with Crippen molar-refractivity contribution in [3.8, 4) is 0 Å². The van der Waals surface area contributed by atoms with Gasteiger partial charge in [-0.15, -0.1) is 0 Å². The average Bonchev–Trinajstić information content (AvgIpc) is 2.43. The molecule has 1 aromatic carbocycles. The molecule has 0 spiro atoms. The molecule has 2 rings (SSSR count). The van der Waals surface area contributed by atoms with E-state index in [1.54, 1.807) is 0 Å². The molecule has 3 heteroatoms. The third-order valence-corrected chi connectivity index (χ3v) is 3.79. The zero-order valence-corrected chi connectivity index (χ0v) is 11.3. The van der Waals surface area contributed by atoms with E-state index in [9.17, 15) is 9.18 Å². The summed E-state index contributed by atoms with van der Waals surface area (Å²) in [6, 6.07) is 4.88. The quantitative estimate of drug-likeness (QED) is 0.745. The Balaban J connectivity index is 2.10. The molecule has 0 radical (unpaired) electrons. The number of rotatable bonds is 2. The van der Waals surface area contributed by atoms with Gasteiger partial charge in [-0.05, 0) is 43.0 Å². The van der Waals surface area contributed by atoms with Crippen LogP contribution in [0, 0.1) is 11.7 Å². The SMILES string of the molecule is O=C1CCCCCC1Cc1cc(F)cc(Br)c1. The van der Waals surface area contributed by atoms with Gasteiger partial charge in [-0.25, -0.2) is 4.39 Å². The third-order valence-electron chi connectivity index (χ3n) is 3.34. The van der Waals surface area contributed by atoms with Crippen LogP contribution in [0.25, 0.3) is 0 Å². The molecule has 0 N–H and O–H groups in total. The Bertz CT molecular complexity index is 396. The first-order valence-corrected chi connectivity index (χ1v) is 6.92. The van der Waals surface area contributed by atoms with E-state index in [1.807, 2.05) is 6.07 Å². The topological polar surface area (TPSA) is 17.1 Å². The maximum atomic E-state index is 13.2. The van der Waals surface area contributed by atoms with Crippen LogP contribution in [0.15, 0.2) is 22.7 Å². The van der Waals surface area contributed by atoms with Gasteiger partial charge in [-0.2, -0.15) is 0 Å². The number of ketones is 1. The van der Waals surface area contributed by atoms with Crippen molar-refractivity contribution in [2.24, 2.45) is 5.92 Å². The van der Waals surface area contributed by atoms with E-state index in [2.05, 4.69) is 15.9 Å². The lowest BCUT2D eigenvalue weighted by Crippen LogP contribution is -2.15. The van der Waals surface area contributed by atoms with Gasteiger partial charge in [0.05, 0.1) is 0 Å². The van der Waals surface area contributed by atoms with E-state index in [0.29, 0.717) is 18.6 Å². The Morgan fingerprint density at radius 2 is 2.06 bits per heavy atom. The summed E-state index contributed by atoms with van der Waals surface area (Å²) < 4.78 is 14.0. The highest BCUT2D eigenvalue weighted by molar-refractivity contribution is 9.10. The second-order valence-electron chi connectivity index (χ2n) is 4.74. The van der Waals surface area contributed by atoms with Gasteiger partial charge < -0.3 is 0 Å².